The number of ether oxygens (including phenoxy) is 2. The number of halogens is 1. The van der Waals surface area contributed by atoms with E-state index in [-0.39, 0.29) is 11.4 Å². The molecule has 1 amide bonds. The van der Waals surface area contributed by atoms with Gasteiger partial charge in [-0.05, 0) is 81.0 Å². The molecule has 2 saturated heterocycles. The number of aryl methyl sites for hydroxylation is 1. The lowest BCUT2D eigenvalue weighted by Crippen LogP contribution is -2.35. The molecule has 0 spiro atoms. The first-order valence-electron chi connectivity index (χ1n) is 12.7. The molecule has 3 aliphatic rings. The van der Waals surface area contributed by atoms with Crippen LogP contribution in [0.15, 0.2) is 48.7 Å². The molecule has 6 nitrogen and oxygen atoms in total. The highest BCUT2D eigenvalue weighted by Gasteiger charge is 2.47. The molecule has 2 unspecified atom stereocenters. The number of hydrogen-bond acceptors (Lipinski definition) is 5. The molecule has 1 aliphatic carbocycles. The summed E-state index contributed by atoms with van der Waals surface area (Å²) in [6, 6.07) is 14.0. The average Bonchev–Trinajstić information content (AvgIpc) is 3.39. The van der Waals surface area contributed by atoms with Crippen molar-refractivity contribution in [1.29, 1.82) is 0 Å². The predicted molar refractivity (Wildman–Crippen MR) is 139 cm³/mol. The molecule has 36 heavy (non-hydrogen) atoms. The number of fused-ring (bicyclic) bond motifs is 2. The SMILES string of the molecule is COc1ccc(C)c(C(=O)NC2(c3cc(OC)cc4ncccc34)CC2)c1.FC1CC2CCCN2C1. The Balaban J connectivity index is 0.000000247. The summed E-state index contributed by atoms with van der Waals surface area (Å²) < 4.78 is 23.3. The third-order valence-electron chi connectivity index (χ3n) is 7.70. The van der Waals surface area contributed by atoms with Gasteiger partial charge in [0.05, 0.1) is 25.3 Å². The van der Waals surface area contributed by atoms with Gasteiger partial charge in [0.2, 0.25) is 0 Å². The van der Waals surface area contributed by atoms with Crippen LogP contribution in [0.25, 0.3) is 10.9 Å². The number of methoxy groups -OCH3 is 2. The van der Waals surface area contributed by atoms with E-state index in [2.05, 4.69) is 15.2 Å². The van der Waals surface area contributed by atoms with Gasteiger partial charge < -0.3 is 14.8 Å². The second kappa shape index (κ2) is 10.1. The van der Waals surface area contributed by atoms with E-state index in [9.17, 15) is 9.18 Å². The van der Waals surface area contributed by atoms with Gasteiger partial charge in [-0.3, -0.25) is 14.7 Å². The van der Waals surface area contributed by atoms with E-state index in [0.717, 1.165) is 53.6 Å². The molecule has 1 aromatic heterocycles. The summed E-state index contributed by atoms with van der Waals surface area (Å²) in [5.41, 5.74) is 3.08. The van der Waals surface area contributed by atoms with Gasteiger partial charge in [0.25, 0.3) is 5.91 Å². The highest BCUT2D eigenvalue weighted by molar-refractivity contribution is 5.97. The zero-order valence-electron chi connectivity index (χ0n) is 21.2. The number of rotatable bonds is 5. The van der Waals surface area contributed by atoms with Crippen LogP contribution in [0.4, 0.5) is 4.39 Å². The summed E-state index contributed by atoms with van der Waals surface area (Å²) in [6.07, 6.45) is 6.36. The van der Waals surface area contributed by atoms with Crippen LogP contribution in [0.3, 0.4) is 0 Å². The Morgan fingerprint density at radius 3 is 2.67 bits per heavy atom. The van der Waals surface area contributed by atoms with Gasteiger partial charge in [0.15, 0.2) is 0 Å². The fraction of sp³-hybridized carbons (Fsp3) is 0.448. The number of nitrogens with zero attached hydrogens (tertiary/aromatic N) is 2. The number of alkyl halides is 1. The van der Waals surface area contributed by atoms with Crippen molar-refractivity contribution in [1.82, 2.24) is 15.2 Å². The quantitative estimate of drug-likeness (QED) is 0.533. The number of carbonyl (C=O) groups is 1. The Labute approximate surface area is 211 Å². The lowest BCUT2D eigenvalue weighted by Gasteiger charge is -2.21. The molecule has 3 heterocycles. The number of amides is 1. The molecular formula is C29H34FN3O3. The molecule has 1 N–H and O–H groups in total. The molecule has 7 heteroatoms. The summed E-state index contributed by atoms with van der Waals surface area (Å²) in [5, 5.41) is 4.30. The number of benzene rings is 2. The van der Waals surface area contributed by atoms with Gasteiger partial charge in [0, 0.05) is 35.8 Å². The van der Waals surface area contributed by atoms with Crippen LogP contribution in [0.5, 0.6) is 11.5 Å². The first-order valence-corrected chi connectivity index (χ1v) is 12.7. The van der Waals surface area contributed by atoms with E-state index >= 15 is 0 Å². The van der Waals surface area contributed by atoms with Crippen LogP contribution in [0, 0.1) is 6.92 Å². The molecule has 0 radical (unpaired) electrons. The molecule has 2 atom stereocenters. The number of pyridine rings is 1. The number of carbonyl (C=O) groups excluding carboxylic acids is 1. The fourth-order valence-corrected chi connectivity index (χ4v) is 5.54. The largest absolute Gasteiger partial charge is 0.497 e. The van der Waals surface area contributed by atoms with Crippen molar-refractivity contribution in [3.05, 3.63) is 65.4 Å². The second-order valence-electron chi connectivity index (χ2n) is 10.1. The van der Waals surface area contributed by atoms with Crippen molar-refractivity contribution < 1.29 is 18.7 Å². The summed E-state index contributed by atoms with van der Waals surface area (Å²) in [5.74, 6) is 1.32. The first-order chi connectivity index (χ1) is 17.4. The van der Waals surface area contributed by atoms with Crippen LogP contribution < -0.4 is 14.8 Å². The minimum atomic E-state index is -0.518. The van der Waals surface area contributed by atoms with Gasteiger partial charge >= 0.3 is 0 Å². The second-order valence-corrected chi connectivity index (χ2v) is 10.1. The zero-order valence-corrected chi connectivity index (χ0v) is 21.2. The van der Waals surface area contributed by atoms with E-state index in [0.29, 0.717) is 23.9 Å². The number of nitrogens with one attached hydrogen (secondary N) is 1. The summed E-state index contributed by atoms with van der Waals surface area (Å²) in [6.45, 7) is 3.79. The molecule has 3 aromatic rings. The summed E-state index contributed by atoms with van der Waals surface area (Å²) >= 11 is 0. The van der Waals surface area contributed by atoms with Gasteiger partial charge in [-0.25, -0.2) is 4.39 Å². The average molecular weight is 492 g/mol. The molecular weight excluding hydrogens is 457 g/mol. The highest BCUT2D eigenvalue weighted by atomic mass is 19.1. The maximum atomic E-state index is 13.0. The maximum Gasteiger partial charge on any atom is 0.252 e. The van der Waals surface area contributed by atoms with Gasteiger partial charge in [-0.1, -0.05) is 12.1 Å². The van der Waals surface area contributed by atoms with Gasteiger partial charge in [-0.2, -0.15) is 0 Å². The highest BCUT2D eigenvalue weighted by Crippen LogP contribution is 2.49. The monoisotopic (exact) mass is 491 g/mol. The van der Waals surface area contributed by atoms with Crippen molar-refractivity contribution in [3.8, 4) is 11.5 Å². The standard InChI is InChI=1S/C22H22N2O3.C7H12FN/c1-14-6-7-15(26-2)11-18(14)21(25)24-22(8-9-22)19-12-16(27-3)13-20-17(19)5-4-10-23-20;8-6-4-7-2-1-3-9(7)5-6/h4-7,10-13H,8-9H2,1-3H3,(H,24,25);6-7H,1-5H2. The minimum absolute atomic E-state index is 0.0937. The summed E-state index contributed by atoms with van der Waals surface area (Å²) in [7, 11) is 3.25. The van der Waals surface area contributed by atoms with Crippen LogP contribution in [-0.4, -0.2) is 55.3 Å². The van der Waals surface area contributed by atoms with Crippen LogP contribution in [0.1, 0.15) is 53.6 Å². The Morgan fingerprint density at radius 2 is 1.94 bits per heavy atom. The molecule has 1 saturated carbocycles. The van der Waals surface area contributed by atoms with E-state index in [1.807, 2.05) is 43.3 Å². The molecule has 6 rings (SSSR count). The maximum absolute atomic E-state index is 13.0. The van der Waals surface area contributed by atoms with Crippen LogP contribution >= 0.6 is 0 Å². The minimum Gasteiger partial charge on any atom is -0.497 e. The Kier molecular flexibility index (Phi) is 6.84. The van der Waals surface area contributed by atoms with Gasteiger partial charge in [-0.15, -0.1) is 0 Å². The van der Waals surface area contributed by atoms with E-state index in [4.69, 9.17) is 9.47 Å². The number of hydrogen-bond donors (Lipinski definition) is 1. The van der Waals surface area contributed by atoms with Crippen LogP contribution in [0.2, 0.25) is 0 Å². The van der Waals surface area contributed by atoms with Gasteiger partial charge in [0.1, 0.15) is 17.7 Å². The van der Waals surface area contributed by atoms with Crippen molar-refractivity contribution in [3.63, 3.8) is 0 Å². The normalized spacial score (nSPS) is 21.9. The fourth-order valence-electron chi connectivity index (χ4n) is 5.54. The Morgan fingerprint density at radius 1 is 1.14 bits per heavy atom. The van der Waals surface area contributed by atoms with Crippen molar-refractivity contribution in [2.75, 3.05) is 27.3 Å². The van der Waals surface area contributed by atoms with Crippen molar-refractivity contribution >= 4 is 16.8 Å². The molecule has 3 fully saturated rings. The van der Waals surface area contributed by atoms with E-state index in [1.54, 1.807) is 26.5 Å². The zero-order chi connectivity index (χ0) is 25.3. The third-order valence-corrected chi connectivity index (χ3v) is 7.70. The molecule has 2 aliphatic heterocycles. The molecule has 0 bridgehead atoms. The third kappa shape index (κ3) is 4.89. The molecule has 2 aromatic carbocycles. The Hall–Kier alpha value is -3.19. The lowest BCUT2D eigenvalue weighted by molar-refractivity contribution is 0.0930. The number of aromatic nitrogens is 1. The van der Waals surface area contributed by atoms with Crippen molar-refractivity contribution in [2.24, 2.45) is 0 Å². The Bertz CT molecular complexity index is 1250. The summed E-state index contributed by atoms with van der Waals surface area (Å²) in [4.78, 5) is 19.8. The van der Waals surface area contributed by atoms with E-state index in [1.165, 1.54) is 12.8 Å². The first kappa shape index (κ1) is 24.5. The predicted octanol–water partition coefficient (Wildman–Crippen LogP) is 5.17. The van der Waals surface area contributed by atoms with Crippen molar-refractivity contribution in [2.45, 2.75) is 56.8 Å². The topological polar surface area (TPSA) is 63.7 Å². The molecule has 190 valence electrons. The smallest absolute Gasteiger partial charge is 0.252 e. The lowest BCUT2D eigenvalue weighted by atomic mass is 9.97. The van der Waals surface area contributed by atoms with E-state index < -0.39 is 6.17 Å². The van der Waals surface area contributed by atoms with Crippen LogP contribution in [-0.2, 0) is 5.54 Å².